The summed E-state index contributed by atoms with van der Waals surface area (Å²) in [6.45, 7) is 1.42. The van der Waals surface area contributed by atoms with Crippen molar-refractivity contribution < 1.29 is 19.1 Å². The summed E-state index contributed by atoms with van der Waals surface area (Å²) in [6, 6.07) is 14.4. The molecule has 4 rings (SSSR count). The van der Waals surface area contributed by atoms with Gasteiger partial charge in [-0.2, -0.15) is 0 Å². The van der Waals surface area contributed by atoms with Crippen molar-refractivity contribution in [2.45, 2.75) is 25.8 Å². The average molecular weight is 391 g/mol. The minimum Gasteiger partial charge on any atom is -0.455 e. The fourth-order valence-electron chi connectivity index (χ4n) is 3.66. The van der Waals surface area contributed by atoms with Gasteiger partial charge in [0.2, 0.25) is 5.91 Å². The molecule has 7 nitrogen and oxygen atoms in total. The number of H-pyrrole nitrogens is 1. The lowest BCUT2D eigenvalue weighted by atomic mass is 10.1. The Labute approximate surface area is 167 Å². The Kier molecular flexibility index (Phi) is 5.03. The zero-order valence-electron chi connectivity index (χ0n) is 16.0. The van der Waals surface area contributed by atoms with Gasteiger partial charge in [0.25, 0.3) is 5.91 Å². The Hall–Kier alpha value is -3.61. The molecule has 2 amide bonds. The largest absolute Gasteiger partial charge is 0.455 e. The zero-order valence-corrected chi connectivity index (χ0v) is 16.0. The number of carbonyl (C=O) groups is 3. The van der Waals surface area contributed by atoms with Crippen molar-refractivity contribution in [3.63, 3.8) is 0 Å². The highest BCUT2D eigenvalue weighted by atomic mass is 16.5. The number of carbonyl (C=O) groups excluding carboxylic acids is 3. The lowest BCUT2D eigenvalue weighted by Crippen LogP contribution is -2.41. The van der Waals surface area contributed by atoms with E-state index in [0.29, 0.717) is 11.4 Å². The third kappa shape index (κ3) is 3.85. The first-order chi connectivity index (χ1) is 14.0. The van der Waals surface area contributed by atoms with Crippen LogP contribution < -0.4 is 10.2 Å². The van der Waals surface area contributed by atoms with E-state index in [0.717, 1.165) is 16.5 Å². The molecule has 0 unspecified atom stereocenters. The molecule has 0 bridgehead atoms. The van der Waals surface area contributed by atoms with E-state index in [1.54, 1.807) is 37.4 Å². The molecule has 7 heteroatoms. The van der Waals surface area contributed by atoms with E-state index in [1.165, 1.54) is 4.90 Å². The van der Waals surface area contributed by atoms with Gasteiger partial charge < -0.3 is 19.9 Å². The van der Waals surface area contributed by atoms with Crippen LogP contribution in [-0.2, 0) is 25.5 Å². The second-order valence-corrected chi connectivity index (χ2v) is 7.08. The number of aromatic amines is 1. The van der Waals surface area contributed by atoms with Crippen LogP contribution >= 0.6 is 0 Å². The average Bonchev–Trinajstić information content (AvgIpc) is 3.04. The number of rotatable bonds is 4. The maximum absolute atomic E-state index is 12.9. The van der Waals surface area contributed by atoms with Gasteiger partial charge in [-0.1, -0.05) is 30.3 Å². The predicted octanol–water partition coefficient (Wildman–Crippen LogP) is 3.02. The number of amides is 2. The molecule has 0 fully saturated rings. The van der Waals surface area contributed by atoms with Gasteiger partial charge in [0.05, 0.1) is 17.8 Å². The van der Waals surface area contributed by atoms with E-state index in [2.05, 4.69) is 10.3 Å². The molecule has 1 aromatic heterocycles. The van der Waals surface area contributed by atoms with Crippen LogP contribution in [0, 0.1) is 0 Å². The van der Waals surface area contributed by atoms with Crippen LogP contribution in [0.1, 0.15) is 18.9 Å². The van der Waals surface area contributed by atoms with Gasteiger partial charge in [0.15, 0.2) is 6.61 Å². The van der Waals surface area contributed by atoms with Crippen molar-refractivity contribution in [2.24, 2.45) is 0 Å². The molecule has 1 atom stereocenters. The van der Waals surface area contributed by atoms with Crippen molar-refractivity contribution in [3.05, 3.63) is 60.3 Å². The Morgan fingerprint density at radius 2 is 1.90 bits per heavy atom. The molecule has 148 valence electrons. The first kappa shape index (κ1) is 18.7. The molecule has 2 aromatic carbocycles. The molecule has 0 aliphatic carbocycles. The summed E-state index contributed by atoms with van der Waals surface area (Å²) in [5, 5.41) is 3.76. The molecule has 0 saturated carbocycles. The molecular weight excluding hydrogens is 370 g/mol. The molecule has 0 spiro atoms. The van der Waals surface area contributed by atoms with Crippen molar-refractivity contribution in [1.29, 1.82) is 0 Å². The quantitative estimate of drug-likeness (QED) is 0.669. The van der Waals surface area contributed by atoms with Gasteiger partial charge in [-0.15, -0.1) is 0 Å². The third-order valence-corrected chi connectivity index (χ3v) is 4.99. The Bertz CT molecular complexity index is 1090. The minimum absolute atomic E-state index is 0.0729. The fraction of sp³-hybridized carbons (Fsp3) is 0.227. The van der Waals surface area contributed by atoms with Crippen LogP contribution in [0.2, 0.25) is 0 Å². The monoisotopic (exact) mass is 391 g/mol. The normalized spacial score (nSPS) is 16.1. The number of benzene rings is 2. The van der Waals surface area contributed by atoms with Crippen LogP contribution in [0.5, 0.6) is 0 Å². The van der Waals surface area contributed by atoms with Gasteiger partial charge in [0.1, 0.15) is 0 Å². The van der Waals surface area contributed by atoms with E-state index < -0.39 is 5.97 Å². The molecule has 3 aromatic rings. The fourth-order valence-corrected chi connectivity index (χ4v) is 3.66. The summed E-state index contributed by atoms with van der Waals surface area (Å²) < 4.78 is 5.26. The van der Waals surface area contributed by atoms with Crippen LogP contribution in [-0.4, -0.2) is 35.4 Å². The molecule has 0 radical (unpaired) electrons. The number of fused-ring (bicyclic) bond motifs is 2. The predicted molar refractivity (Wildman–Crippen MR) is 110 cm³/mol. The van der Waals surface area contributed by atoms with Gasteiger partial charge >= 0.3 is 5.97 Å². The number of para-hydroxylation sites is 3. The molecular formula is C22H21N3O4. The maximum atomic E-state index is 12.9. The lowest BCUT2D eigenvalue weighted by molar-refractivity contribution is -0.147. The Morgan fingerprint density at radius 3 is 2.76 bits per heavy atom. The van der Waals surface area contributed by atoms with Crippen molar-refractivity contribution >= 4 is 40.1 Å². The summed E-state index contributed by atoms with van der Waals surface area (Å²) in [5.74, 6) is -1.00. The van der Waals surface area contributed by atoms with Gasteiger partial charge in [-0.3, -0.25) is 14.4 Å². The summed E-state index contributed by atoms with van der Waals surface area (Å²) >= 11 is 0. The van der Waals surface area contributed by atoms with E-state index >= 15 is 0 Å². The number of nitrogens with one attached hydrogen (secondary N) is 2. The van der Waals surface area contributed by atoms with E-state index in [9.17, 15) is 14.4 Å². The van der Waals surface area contributed by atoms with Gasteiger partial charge in [-0.05, 0) is 30.7 Å². The highest BCUT2D eigenvalue weighted by molar-refractivity contribution is 6.05. The first-order valence-electron chi connectivity index (χ1n) is 9.44. The number of nitrogens with zero attached hydrogens (tertiary/aromatic N) is 1. The molecule has 2 heterocycles. The van der Waals surface area contributed by atoms with Gasteiger partial charge in [-0.25, -0.2) is 0 Å². The molecule has 2 N–H and O–H groups in total. The minimum atomic E-state index is -0.479. The topological polar surface area (TPSA) is 91.5 Å². The highest BCUT2D eigenvalue weighted by Crippen LogP contribution is 2.31. The highest BCUT2D eigenvalue weighted by Gasteiger charge is 2.30. The summed E-state index contributed by atoms with van der Waals surface area (Å²) in [6.07, 6.45) is 2.02. The first-order valence-corrected chi connectivity index (χ1v) is 9.44. The summed E-state index contributed by atoms with van der Waals surface area (Å²) in [5.41, 5.74) is 2.93. The second-order valence-electron chi connectivity index (χ2n) is 7.08. The SMILES string of the molecule is C[C@@H]1CC(=O)Nc2ccccc2N1C(=O)COC(=O)Cc1c[nH]c2ccccc12. The van der Waals surface area contributed by atoms with Crippen molar-refractivity contribution in [1.82, 2.24) is 4.98 Å². The van der Waals surface area contributed by atoms with E-state index in [1.807, 2.05) is 24.3 Å². The maximum Gasteiger partial charge on any atom is 0.310 e. The van der Waals surface area contributed by atoms with E-state index in [-0.39, 0.29) is 37.3 Å². The number of esters is 1. The molecule has 1 aliphatic heterocycles. The number of ether oxygens (including phenoxy) is 1. The van der Waals surface area contributed by atoms with Crippen molar-refractivity contribution in [2.75, 3.05) is 16.8 Å². The van der Waals surface area contributed by atoms with Gasteiger partial charge in [0, 0.05) is 29.6 Å². The second kappa shape index (κ2) is 7.79. The number of hydrogen-bond acceptors (Lipinski definition) is 4. The molecule has 0 saturated heterocycles. The third-order valence-electron chi connectivity index (χ3n) is 4.99. The van der Waals surface area contributed by atoms with E-state index in [4.69, 9.17) is 4.74 Å². The Balaban J connectivity index is 1.45. The number of hydrogen-bond donors (Lipinski definition) is 2. The molecule has 1 aliphatic rings. The van der Waals surface area contributed by atoms with Crippen LogP contribution in [0.25, 0.3) is 10.9 Å². The molecule has 29 heavy (non-hydrogen) atoms. The summed E-state index contributed by atoms with van der Waals surface area (Å²) in [7, 11) is 0. The van der Waals surface area contributed by atoms with Crippen molar-refractivity contribution in [3.8, 4) is 0 Å². The Morgan fingerprint density at radius 1 is 1.14 bits per heavy atom. The number of anilines is 2. The lowest BCUT2D eigenvalue weighted by Gasteiger charge is -2.27. The smallest absolute Gasteiger partial charge is 0.310 e. The standard InChI is InChI=1S/C22H21N3O4/c1-14-10-20(26)24-18-8-4-5-9-19(18)25(14)21(27)13-29-22(28)11-15-12-23-17-7-3-2-6-16(15)17/h2-9,12,14,23H,10-11,13H2,1H3,(H,24,26)/t14-/m1/s1. The summed E-state index contributed by atoms with van der Waals surface area (Å²) in [4.78, 5) is 41.8. The van der Waals surface area contributed by atoms with Crippen LogP contribution in [0.15, 0.2) is 54.7 Å². The van der Waals surface area contributed by atoms with Crippen LogP contribution in [0.3, 0.4) is 0 Å². The number of aromatic nitrogens is 1. The van der Waals surface area contributed by atoms with Crippen LogP contribution in [0.4, 0.5) is 11.4 Å². The zero-order chi connectivity index (χ0) is 20.4.